The third-order valence-corrected chi connectivity index (χ3v) is 13.6. The van der Waals surface area contributed by atoms with Gasteiger partial charge in [-0.15, -0.1) is 11.0 Å². The maximum atomic E-state index is 4.52. The van der Waals surface area contributed by atoms with E-state index >= 15 is 0 Å². The van der Waals surface area contributed by atoms with E-state index in [1.165, 1.54) is 88.8 Å². The standard InChI is InChI=1S/C49H50N2.C12H8N.Au/c1-30(2)34-23-15-24-35(31(3)4)48(34)50-29-51(49-36(32(5)6)25-16-26-37(49)33(7)8)47-28-45-43-22-14-12-20-41(43)39-18-10-9-17-38(39)40-19-11-13-21-42(40)44(45)27-46(47)50;1-3-7-11-9(5-1)10-6-2-4-8-12(10)13-11;/h9-28,30-33,40,42H,1-8H3;1-8H;/q;-1;. The molecular formula is C61H58AuN3-. The van der Waals surface area contributed by atoms with Gasteiger partial charge in [-0.2, -0.15) is 0 Å². The molecule has 0 amide bonds. The number of rotatable bonds is 6. The third kappa shape index (κ3) is 7.78. The van der Waals surface area contributed by atoms with Gasteiger partial charge in [0.1, 0.15) is 0 Å². The molecule has 0 saturated carbocycles. The van der Waals surface area contributed by atoms with Gasteiger partial charge in [0.2, 0.25) is 0 Å². The first-order valence-corrected chi connectivity index (χ1v) is 23.3. The summed E-state index contributed by atoms with van der Waals surface area (Å²) in [7, 11) is 0. The molecule has 2 unspecified atom stereocenters. The summed E-state index contributed by atoms with van der Waals surface area (Å²) in [5, 5.41) is 2.50. The number of hydrogen-bond donors (Lipinski definition) is 0. The van der Waals surface area contributed by atoms with Crippen LogP contribution in [0.15, 0.2) is 170 Å². The Balaban J connectivity index is 0.000000323. The fourth-order valence-corrected chi connectivity index (χ4v) is 10.5. The molecule has 0 N–H and O–H groups in total. The van der Waals surface area contributed by atoms with Gasteiger partial charge in [0.15, 0.2) is 0 Å². The molecule has 3 nitrogen and oxygen atoms in total. The molecule has 11 rings (SSSR count). The Morgan fingerprint density at radius 2 is 0.938 bits per heavy atom. The van der Waals surface area contributed by atoms with Gasteiger partial charge in [-0.1, -0.05) is 213 Å². The van der Waals surface area contributed by atoms with Crippen molar-refractivity contribution in [3.63, 3.8) is 0 Å². The van der Waals surface area contributed by atoms with Crippen molar-refractivity contribution in [2.45, 2.75) is 90.9 Å². The second-order valence-corrected chi connectivity index (χ2v) is 19.0. The van der Waals surface area contributed by atoms with Gasteiger partial charge in [-0.05, 0) is 102 Å². The molecule has 1 radical (unpaired) electrons. The van der Waals surface area contributed by atoms with Crippen molar-refractivity contribution in [2.75, 3.05) is 0 Å². The van der Waals surface area contributed by atoms with Gasteiger partial charge in [0.25, 0.3) is 6.33 Å². The van der Waals surface area contributed by atoms with Crippen LogP contribution in [-0.2, 0) is 22.4 Å². The summed E-state index contributed by atoms with van der Waals surface area (Å²) < 4.78 is 4.85. The van der Waals surface area contributed by atoms with Gasteiger partial charge >= 0.3 is 0 Å². The minimum absolute atomic E-state index is 0. The van der Waals surface area contributed by atoms with Crippen molar-refractivity contribution in [1.82, 2.24) is 9.55 Å². The van der Waals surface area contributed by atoms with Crippen LogP contribution in [-0.4, -0.2) is 4.57 Å². The van der Waals surface area contributed by atoms with Crippen molar-refractivity contribution in [3.05, 3.63) is 210 Å². The Hall–Kier alpha value is -5.97. The van der Waals surface area contributed by atoms with Gasteiger partial charge in [0.05, 0.1) is 22.4 Å². The largest absolute Gasteiger partial charge is 0.657 e. The van der Waals surface area contributed by atoms with Crippen LogP contribution >= 0.6 is 0 Å². The van der Waals surface area contributed by atoms with Crippen molar-refractivity contribution in [1.29, 1.82) is 0 Å². The van der Waals surface area contributed by atoms with Gasteiger partial charge in [0, 0.05) is 34.2 Å². The zero-order chi connectivity index (χ0) is 44.2. The second kappa shape index (κ2) is 18.1. The summed E-state index contributed by atoms with van der Waals surface area (Å²) in [6, 6.07) is 53.4. The molecule has 2 aromatic heterocycles. The molecular weight excluding hydrogens is 972 g/mol. The Morgan fingerprint density at radius 3 is 1.49 bits per heavy atom. The summed E-state index contributed by atoms with van der Waals surface area (Å²) >= 11 is 0. The van der Waals surface area contributed by atoms with Crippen LogP contribution < -0.4 is 9.55 Å². The van der Waals surface area contributed by atoms with E-state index in [-0.39, 0.29) is 34.2 Å². The van der Waals surface area contributed by atoms with E-state index < -0.39 is 0 Å². The number of para-hydroxylation sites is 4. The molecule has 2 aliphatic carbocycles. The van der Waals surface area contributed by atoms with E-state index in [2.05, 4.69) is 234 Å². The Labute approximate surface area is 401 Å². The zero-order valence-electron chi connectivity index (χ0n) is 38.8. The fraction of sp³-hybridized carbons (Fsp3) is 0.230. The average molecular weight is 1030 g/mol. The summed E-state index contributed by atoms with van der Waals surface area (Å²) in [4.78, 5) is 4.52. The van der Waals surface area contributed by atoms with E-state index in [1.807, 2.05) is 12.1 Å². The third-order valence-electron chi connectivity index (χ3n) is 13.6. The Kier molecular flexibility index (Phi) is 12.3. The molecule has 329 valence electrons. The molecule has 0 aliphatic heterocycles. The van der Waals surface area contributed by atoms with E-state index in [1.54, 1.807) is 0 Å². The van der Waals surface area contributed by atoms with Crippen LogP contribution in [0.2, 0.25) is 0 Å². The molecule has 2 atom stereocenters. The summed E-state index contributed by atoms with van der Waals surface area (Å²) in [5.74, 6) is 1.85. The SMILES string of the molecule is CC(C)c1cccc(C(C)C)c1-n1[c-][n+](-c2c(C(C)C)cccc2C(C)C)c2cc3c(cc21)-c1ccccc1-c1ccccc1C1C=CC=CC31.[Au].c1ccc2c(c1)[n-]c1ccccc12. The quantitative estimate of drug-likeness (QED) is 0.0925. The minimum atomic E-state index is 0. The molecule has 2 aliphatic rings. The number of fused-ring (bicyclic) bond motifs is 12. The predicted molar refractivity (Wildman–Crippen MR) is 269 cm³/mol. The van der Waals surface area contributed by atoms with Crippen molar-refractivity contribution < 1.29 is 26.9 Å². The average Bonchev–Trinajstić information content (AvgIpc) is 3.88. The second-order valence-electron chi connectivity index (χ2n) is 19.0. The van der Waals surface area contributed by atoms with E-state index in [0.29, 0.717) is 23.7 Å². The molecule has 7 aromatic carbocycles. The molecule has 2 heterocycles. The molecule has 0 saturated heterocycles. The van der Waals surface area contributed by atoms with E-state index in [9.17, 15) is 0 Å². The number of aromatic nitrogens is 3. The van der Waals surface area contributed by atoms with Crippen molar-refractivity contribution >= 4 is 32.8 Å². The van der Waals surface area contributed by atoms with Crippen LogP contribution in [0.25, 0.3) is 66.5 Å². The fourth-order valence-electron chi connectivity index (χ4n) is 10.5. The molecule has 0 bridgehead atoms. The molecule has 4 heteroatoms. The van der Waals surface area contributed by atoms with Crippen LogP contribution in [0, 0.1) is 6.33 Å². The molecule has 0 fully saturated rings. The number of benzene rings is 7. The van der Waals surface area contributed by atoms with Crippen LogP contribution in [0.4, 0.5) is 0 Å². The van der Waals surface area contributed by atoms with Crippen LogP contribution in [0.1, 0.15) is 124 Å². The first-order valence-electron chi connectivity index (χ1n) is 23.3. The molecule has 9 aromatic rings. The summed E-state index contributed by atoms with van der Waals surface area (Å²) in [6.07, 6.45) is 13.4. The zero-order valence-corrected chi connectivity index (χ0v) is 40.9. The Morgan fingerprint density at radius 1 is 0.477 bits per heavy atom. The van der Waals surface area contributed by atoms with Crippen molar-refractivity contribution in [3.8, 4) is 33.6 Å². The van der Waals surface area contributed by atoms with Crippen LogP contribution in [0.5, 0.6) is 0 Å². The van der Waals surface area contributed by atoms with Gasteiger partial charge < -0.3 is 4.98 Å². The number of nitrogens with zero attached hydrogens (tertiary/aromatic N) is 3. The first-order chi connectivity index (χ1) is 31.1. The molecule has 65 heavy (non-hydrogen) atoms. The number of imidazole rings is 1. The molecule has 0 spiro atoms. The smallest absolute Gasteiger partial charge is 0.269 e. The van der Waals surface area contributed by atoms with Crippen LogP contribution in [0.3, 0.4) is 0 Å². The van der Waals surface area contributed by atoms with Gasteiger partial charge in [-0.3, -0.25) is 9.13 Å². The Bertz CT molecular complexity index is 3160. The normalized spacial score (nSPS) is 15.1. The number of hydrogen-bond acceptors (Lipinski definition) is 0. The predicted octanol–water partition coefficient (Wildman–Crippen LogP) is 15.8. The first kappa shape index (κ1) is 44.2. The minimum Gasteiger partial charge on any atom is -0.657 e. The summed E-state index contributed by atoms with van der Waals surface area (Å²) in [5.41, 5.74) is 20.5. The van der Waals surface area contributed by atoms with E-state index in [4.69, 9.17) is 0 Å². The number of allylic oxidation sites excluding steroid dienone is 4. The monoisotopic (exact) mass is 1030 g/mol. The summed E-state index contributed by atoms with van der Waals surface area (Å²) in [6.45, 7) is 18.6. The van der Waals surface area contributed by atoms with Crippen molar-refractivity contribution in [2.24, 2.45) is 0 Å². The van der Waals surface area contributed by atoms with Gasteiger partial charge in [-0.25, -0.2) is 0 Å². The topological polar surface area (TPSA) is 22.9 Å². The maximum absolute atomic E-state index is 4.52. The van der Waals surface area contributed by atoms with E-state index in [0.717, 1.165) is 11.0 Å². The maximum Gasteiger partial charge on any atom is 0.269 e.